The summed E-state index contributed by atoms with van der Waals surface area (Å²) in [6.45, 7) is 1.58. The third kappa shape index (κ3) is 5.22. The number of methoxy groups -OCH3 is 1. The Kier molecular flexibility index (Phi) is 8.22. The van der Waals surface area contributed by atoms with Crippen LogP contribution in [0.2, 0.25) is 0 Å². The van der Waals surface area contributed by atoms with E-state index in [0.29, 0.717) is 21.9 Å². The second kappa shape index (κ2) is 11.6. The summed E-state index contributed by atoms with van der Waals surface area (Å²) in [4.78, 5) is 16.3. The first kappa shape index (κ1) is 29.8. The Morgan fingerprint density at radius 3 is 2.33 bits per heavy atom. The molecule has 220 valence electrons. The summed E-state index contributed by atoms with van der Waals surface area (Å²) in [6, 6.07) is 16.1. The van der Waals surface area contributed by atoms with Crippen molar-refractivity contribution in [2.24, 2.45) is 0 Å². The Balaban J connectivity index is 1.82. The Morgan fingerprint density at radius 1 is 1.00 bits per heavy atom. The number of aromatic nitrogens is 1. The zero-order chi connectivity index (χ0) is 30.3. The molecule has 1 aliphatic rings. The van der Waals surface area contributed by atoms with Gasteiger partial charge in [0.05, 0.1) is 35.3 Å². The summed E-state index contributed by atoms with van der Waals surface area (Å²) in [5.74, 6) is -1.40. The van der Waals surface area contributed by atoms with Crippen molar-refractivity contribution in [3.05, 3.63) is 117 Å². The minimum atomic E-state index is -4.79. The van der Waals surface area contributed by atoms with Crippen LogP contribution in [0.5, 0.6) is 5.75 Å². The van der Waals surface area contributed by atoms with Gasteiger partial charge >= 0.3 is 6.18 Å². The van der Waals surface area contributed by atoms with Crippen molar-refractivity contribution < 1.29 is 26.7 Å². The van der Waals surface area contributed by atoms with Gasteiger partial charge in [0.1, 0.15) is 5.82 Å². The van der Waals surface area contributed by atoms with Crippen molar-refractivity contribution in [2.75, 3.05) is 27.0 Å². The fraction of sp³-hybridized carbons (Fsp3) is 0.281. The second-order valence-electron chi connectivity index (χ2n) is 10.4. The Labute approximate surface area is 244 Å². The minimum Gasteiger partial charge on any atom is -0.494 e. The lowest BCUT2D eigenvalue weighted by molar-refractivity contribution is -0.138. The van der Waals surface area contributed by atoms with Crippen LogP contribution in [0.1, 0.15) is 39.9 Å². The number of hydrogen-bond acceptors (Lipinski definition) is 4. The highest BCUT2D eigenvalue weighted by Gasteiger charge is 2.39. The molecule has 0 fully saturated rings. The lowest BCUT2D eigenvalue weighted by atomic mass is 9.91. The first-order valence-electron chi connectivity index (χ1n) is 13.2. The molecule has 5 rings (SSSR count). The van der Waals surface area contributed by atoms with Gasteiger partial charge in [-0.2, -0.15) is 13.2 Å². The molecule has 2 heterocycles. The smallest absolute Gasteiger partial charge is 0.416 e. The van der Waals surface area contributed by atoms with Gasteiger partial charge in [0.25, 0.3) is 5.56 Å². The molecule has 42 heavy (non-hydrogen) atoms. The molecule has 1 aliphatic heterocycles. The molecule has 4 nitrogen and oxygen atoms in total. The normalized spacial score (nSPS) is 15.6. The van der Waals surface area contributed by atoms with E-state index in [9.17, 15) is 18.0 Å². The molecule has 0 amide bonds. The highest BCUT2D eigenvalue weighted by molar-refractivity contribution is 7.99. The van der Waals surface area contributed by atoms with Gasteiger partial charge < -0.3 is 9.64 Å². The molecule has 0 spiro atoms. The standard InChI is InChI=1S/C32H29F5N2O2S/c1-18-21(16-22-23(32(35,36)37)13-9-14-24(22)33)31-39(30(40)27(18)20-12-8-15-26(41-4)28(20)34)25(17-42-31)29(38(2)3)19-10-6-5-7-11-19/h5-15,25,29H,16-17H2,1-4H3. The van der Waals surface area contributed by atoms with E-state index in [-0.39, 0.29) is 22.9 Å². The number of hydrogen-bond donors (Lipinski definition) is 0. The molecule has 0 aliphatic carbocycles. The van der Waals surface area contributed by atoms with Crippen molar-refractivity contribution in [2.45, 2.75) is 36.6 Å². The first-order valence-corrected chi connectivity index (χ1v) is 14.2. The summed E-state index contributed by atoms with van der Waals surface area (Å²) in [5, 5.41) is 0.453. The highest BCUT2D eigenvalue weighted by atomic mass is 32.2. The van der Waals surface area contributed by atoms with Crippen LogP contribution in [0.4, 0.5) is 22.0 Å². The molecule has 10 heteroatoms. The van der Waals surface area contributed by atoms with E-state index in [1.165, 1.54) is 31.0 Å². The Bertz CT molecular complexity index is 1690. The molecule has 2 atom stereocenters. The van der Waals surface area contributed by atoms with Crippen LogP contribution in [-0.2, 0) is 12.6 Å². The molecule has 0 radical (unpaired) electrons. The number of alkyl halides is 3. The van der Waals surface area contributed by atoms with Gasteiger partial charge in [-0.1, -0.05) is 48.5 Å². The predicted octanol–water partition coefficient (Wildman–Crippen LogP) is 7.67. The van der Waals surface area contributed by atoms with E-state index in [4.69, 9.17) is 4.74 Å². The van der Waals surface area contributed by atoms with Crippen molar-refractivity contribution in [1.29, 1.82) is 0 Å². The van der Waals surface area contributed by atoms with Gasteiger partial charge in [-0.15, -0.1) is 11.8 Å². The highest BCUT2D eigenvalue weighted by Crippen LogP contribution is 2.46. The SMILES string of the molecule is COc1cccc(-c2c(C)c(Cc3c(F)cccc3C(F)(F)F)c3n(c2=O)C(C(c2ccccc2)N(C)C)CS3)c1F. The third-order valence-corrected chi connectivity index (χ3v) is 8.98. The number of nitrogens with zero attached hydrogens (tertiary/aromatic N) is 2. The van der Waals surface area contributed by atoms with Crippen LogP contribution in [-0.4, -0.2) is 36.4 Å². The van der Waals surface area contributed by atoms with Gasteiger partial charge in [-0.3, -0.25) is 9.36 Å². The molecule has 0 saturated carbocycles. The zero-order valence-corrected chi connectivity index (χ0v) is 24.2. The summed E-state index contributed by atoms with van der Waals surface area (Å²) in [7, 11) is 5.08. The Hall–Kier alpha value is -3.63. The molecule has 0 saturated heterocycles. The van der Waals surface area contributed by atoms with Gasteiger partial charge in [-0.25, -0.2) is 8.78 Å². The molecule has 2 unspecified atom stereocenters. The maximum atomic E-state index is 15.7. The quantitative estimate of drug-likeness (QED) is 0.204. The van der Waals surface area contributed by atoms with Crippen LogP contribution >= 0.6 is 11.8 Å². The number of likely N-dealkylation sites (N-methyl/N-ethyl adjacent to an activating group) is 1. The number of pyridine rings is 1. The number of ether oxygens (including phenoxy) is 1. The third-order valence-electron chi connectivity index (χ3n) is 7.75. The van der Waals surface area contributed by atoms with Crippen LogP contribution in [0.25, 0.3) is 11.1 Å². The predicted molar refractivity (Wildman–Crippen MR) is 154 cm³/mol. The number of fused-ring (bicyclic) bond motifs is 1. The van der Waals surface area contributed by atoms with E-state index in [1.54, 1.807) is 17.6 Å². The monoisotopic (exact) mass is 600 g/mol. The topological polar surface area (TPSA) is 34.5 Å². The summed E-state index contributed by atoms with van der Waals surface area (Å²) >= 11 is 1.34. The zero-order valence-electron chi connectivity index (χ0n) is 23.4. The van der Waals surface area contributed by atoms with E-state index in [2.05, 4.69) is 0 Å². The van der Waals surface area contributed by atoms with Crippen molar-refractivity contribution >= 4 is 11.8 Å². The van der Waals surface area contributed by atoms with Crippen LogP contribution < -0.4 is 10.3 Å². The van der Waals surface area contributed by atoms with Gasteiger partial charge in [0.15, 0.2) is 11.6 Å². The second-order valence-corrected chi connectivity index (χ2v) is 11.4. The Morgan fingerprint density at radius 2 is 1.69 bits per heavy atom. The lowest BCUT2D eigenvalue weighted by Gasteiger charge is -2.32. The average Bonchev–Trinajstić information content (AvgIpc) is 3.37. The fourth-order valence-electron chi connectivity index (χ4n) is 5.84. The van der Waals surface area contributed by atoms with Crippen LogP contribution in [0, 0.1) is 18.6 Å². The maximum Gasteiger partial charge on any atom is 0.416 e. The minimum absolute atomic E-state index is 0.00751. The van der Waals surface area contributed by atoms with Gasteiger partial charge in [-0.05, 0) is 55.9 Å². The van der Waals surface area contributed by atoms with Gasteiger partial charge in [0.2, 0.25) is 0 Å². The fourth-order valence-corrected chi connectivity index (χ4v) is 7.26. The molecular weight excluding hydrogens is 571 g/mol. The van der Waals surface area contributed by atoms with Gasteiger partial charge in [0, 0.05) is 23.3 Å². The molecule has 3 aromatic carbocycles. The first-order chi connectivity index (χ1) is 20.0. The number of rotatable bonds is 7. The molecule has 4 aromatic rings. The van der Waals surface area contributed by atoms with Crippen molar-refractivity contribution in [1.82, 2.24) is 9.47 Å². The molecule has 0 bridgehead atoms. The molecule has 0 N–H and O–H groups in total. The van der Waals surface area contributed by atoms with Crippen molar-refractivity contribution in [3.8, 4) is 16.9 Å². The lowest BCUT2D eigenvalue weighted by Crippen LogP contribution is -2.35. The molecular formula is C32H29F5N2O2S. The largest absolute Gasteiger partial charge is 0.494 e. The number of benzene rings is 3. The molecule has 1 aromatic heterocycles. The summed E-state index contributed by atoms with van der Waals surface area (Å²) < 4.78 is 79.5. The van der Waals surface area contributed by atoms with Crippen LogP contribution in [0.15, 0.2) is 76.6 Å². The van der Waals surface area contributed by atoms with E-state index >= 15 is 8.78 Å². The summed E-state index contributed by atoms with van der Waals surface area (Å²) in [5.41, 5.74) is -0.524. The summed E-state index contributed by atoms with van der Waals surface area (Å²) in [6.07, 6.45) is -5.22. The van der Waals surface area contributed by atoms with E-state index < -0.39 is 47.0 Å². The number of halogens is 5. The van der Waals surface area contributed by atoms with Crippen LogP contribution in [0.3, 0.4) is 0 Å². The van der Waals surface area contributed by atoms with Crippen molar-refractivity contribution in [3.63, 3.8) is 0 Å². The van der Waals surface area contributed by atoms with E-state index in [1.807, 2.05) is 49.3 Å². The van der Waals surface area contributed by atoms with E-state index in [0.717, 1.165) is 23.8 Å². The number of thioether (sulfide) groups is 1. The maximum absolute atomic E-state index is 15.7. The average molecular weight is 601 g/mol.